The maximum atomic E-state index is 12.0. The number of hydrogen-bond donors (Lipinski definition) is 1. The number of carbonyl (C=O) groups is 1. The molecule has 2 aromatic carbocycles. The topological polar surface area (TPSA) is 126 Å². The minimum atomic E-state index is -0.623. The van der Waals surface area contributed by atoms with E-state index in [-0.39, 0.29) is 23.6 Å². The summed E-state index contributed by atoms with van der Waals surface area (Å²) >= 11 is 0. The molecule has 9 heteroatoms. The first-order valence-electron chi connectivity index (χ1n) is 6.73. The van der Waals surface area contributed by atoms with Crippen molar-refractivity contribution >= 4 is 17.8 Å². The summed E-state index contributed by atoms with van der Waals surface area (Å²) in [5.74, 6) is 0.0268. The number of hydrazone groups is 1. The molecule has 24 heavy (non-hydrogen) atoms. The number of hydrogen-bond acceptors (Lipinski definition) is 7. The summed E-state index contributed by atoms with van der Waals surface area (Å²) in [5.41, 5.74) is 2.29. The summed E-state index contributed by atoms with van der Waals surface area (Å²) in [7, 11) is 0. The monoisotopic (exact) mass is 328 g/mol. The molecule has 3 rings (SSSR count). The number of nitro groups is 1. The minimum Gasteiger partial charge on any atom is -0.872 e. The third-order valence-electron chi connectivity index (χ3n) is 3.21. The van der Waals surface area contributed by atoms with E-state index < -0.39 is 16.6 Å². The van der Waals surface area contributed by atoms with Gasteiger partial charge in [0.1, 0.15) is 0 Å². The first-order valence-corrected chi connectivity index (χ1v) is 6.73. The van der Waals surface area contributed by atoms with Crippen molar-refractivity contribution in [3.05, 3.63) is 57.6 Å². The third kappa shape index (κ3) is 3.09. The Hall–Kier alpha value is -3.62. The summed E-state index contributed by atoms with van der Waals surface area (Å²) < 4.78 is 10.3. The van der Waals surface area contributed by atoms with Crippen LogP contribution in [0.1, 0.15) is 15.9 Å². The third-order valence-corrected chi connectivity index (χ3v) is 3.21. The molecule has 0 saturated carbocycles. The molecule has 0 bridgehead atoms. The molecule has 1 amide bonds. The Balaban J connectivity index is 1.71. The average Bonchev–Trinajstić information content (AvgIpc) is 3.03. The molecule has 0 spiro atoms. The number of non-ortho nitro benzene ring substituents is 1. The Kier molecular flexibility index (Phi) is 3.98. The standard InChI is InChI=1S/C15H11N3O6/c19-12-3-2-11(18(21)22)5-10(12)7-16-17-15(20)9-1-4-13-14(6-9)24-8-23-13/h1-7,19H,8H2,(H,17,20)/p-1/b16-7-. The molecule has 9 nitrogen and oxygen atoms in total. The van der Waals surface area contributed by atoms with Gasteiger partial charge < -0.3 is 14.6 Å². The molecule has 0 atom stereocenters. The van der Waals surface area contributed by atoms with Crippen LogP contribution in [0.4, 0.5) is 5.69 Å². The highest BCUT2D eigenvalue weighted by atomic mass is 16.7. The second-order valence-electron chi connectivity index (χ2n) is 4.75. The van der Waals surface area contributed by atoms with Crippen molar-refractivity contribution in [2.75, 3.05) is 6.79 Å². The van der Waals surface area contributed by atoms with Gasteiger partial charge in [0.05, 0.1) is 11.1 Å². The van der Waals surface area contributed by atoms with Crippen molar-refractivity contribution in [2.24, 2.45) is 5.10 Å². The van der Waals surface area contributed by atoms with Gasteiger partial charge in [-0.2, -0.15) is 5.10 Å². The Labute approximate surface area is 135 Å². The van der Waals surface area contributed by atoms with Crippen molar-refractivity contribution in [1.29, 1.82) is 0 Å². The zero-order valence-corrected chi connectivity index (χ0v) is 12.1. The highest BCUT2D eigenvalue weighted by Gasteiger charge is 2.15. The number of nitrogens with one attached hydrogen (secondary N) is 1. The van der Waals surface area contributed by atoms with E-state index in [4.69, 9.17) is 9.47 Å². The molecule has 1 N–H and O–H groups in total. The van der Waals surface area contributed by atoms with Crippen LogP contribution in [-0.2, 0) is 0 Å². The lowest BCUT2D eigenvalue weighted by molar-refractivity contribution is -0.385. The van der Waals surface area contributed by atoms with Gasteiger partial charge in [0.25, 0.3) is 11.6 Å². The number of nitro benzene ring substituents is 1. The number of rotatable bonds is 4. The Morgan fingerprint density at radius 2 is 2.00 bits per heavy atom. The summed E-state index contributed by atoms with van der Waals surface area (Å²) in [5, 5.41) is 26.0. The van der Waals surface area contributed by atoms with E-state index in [0.29, 0.717) is 11.5 Å². The maximum absolute atomic E-state index is 12.0. The predicted octanol–water partition coefficient (Wildman–Crippen LogP) is 1.16. The SMILES string of the molecule is O=C(N/N=C\c1cc([N+](=O)[O-])ccc1[O-])c1ccc2c(c1)OCO2. The molecule has 122 valence electrons. The number of amides is 1. The van der Waals surface area contributed by atoms with Gasteiger partial charge in [-0.15, -0.1) is 0 Å². The van der Waals surface area contributed by atoms with E-state index in [9.17, 15) is 20.0 Å². The number of benzene rings is 2. The normalized spacial score (nSPS) is 12.3. The van der Waals surface area contributed by atoms with Crippen LogP contribution >= 0.6 is 0 Å². The van der Waals surface area contributed by atoms with E-state index in [0.717, 1.165) is 24.4 Å². The van der Waals surface area contributed by atoms with Gasteiger partial charge in [-0.05, 0) is 23.8 Å². The van der Waals surface area contributed by atoms with E-state index >= 15 is 0 Å². The van der Waals surface area contributed by atoms with Gasteiger partial charge in [-0.3, -0.25) is 14.9 Å². The fraction of sp³-hybridized carbons (Fsp3) is 0.0667. The smallest absolute Gasteiger partial charge is 0.271 e. The number of fused-ring (bicyclic) bond motifs is 1. The summed E-state index contributed by atoms with van der Waals surface area (Å²) in [6.45, 7) is 0.0949. The van der Waals surface area contributed by atoms with Crippen LogP contribution in [0, 0.1) is 10.1 Å². The molecule has 0 saturated heterocycles. The van der Waals surface area contributed by atoms with Crippen molar-refractivity contribution < 1.29 is 24.3 Å². The predicted molar refractivity (Wildman–Crippen MR) is 80.2 cm³/mol. The first kappa shape index (κ1) is 15.3. The summed E-state index contributed by atoms with van der Waals surface area (Å²) in [4.78, 5) is 22.1. The van der Waals surface area contributed by atoms with Crippen molar-refractivity contribution in [3.63, 3.8) is 0 Å². The molecule has 0 fully saturated rings. The van der Waals surface area contributed by atoms with Gasteiger partial charge in [-0.1, -0.05) is 11.8 Å². The Morgan fingerprint density at radius 1 is 1.21 bits per heavy atom. The van der Waals surface area contributed by atoms with E-state index in [1.165, 1.54) is 12.1 Å². The molecule has 0 unspecified atom stereocenters. The largest absolute Gasteiger partial charge is 0.872 e. The lowest BCUT2D eigenvalue weighted by Gasteiger charge is -2.08. The van der Waals surface area contributed by atoms with Crippen molar-refractivity contribution in [1.82, 2.24) is 5.43 Å². The molecule has 0 radical (unpaired) electrons. The highest BCUT2D eigenvalue weighted by Crippen LogP contribution is 2.32. The lowest BCUT2D eigenvalue weighted by atomic mass is 10.2. The van der Waals surface area contributed by atoms with Gasteiger partial charge in [-0.25, -0.2) is 5.43 Å². The second kappa shape index (κ2) is 6.24. The maximum Gasteiger partial charge on any atom is 0.271 e. The van der Waals surface area contributed by atoms with Crippen molar-refractivity contribution in [2.45, 2.75) is 0 Å². The van der Waals surface area contributed by atoms with Crippen LogP contribution in [0.25, 0.3) is 0 Å². The molecule has 0 aromatic heterocycles. The van der Waals surface area contributed by atoms with Crippen LogP contribution in [0.5, 0.6) is 17.2 Å². The van der Waals surface area contributed by atoms with E-state index in [1.54, 1.807) is 6.07 Å². The number of nitrogens with zero attached hydrogens (tertiary/aromatic N) is 2. The zero-order chi connectivity index (χ0) is 17.1. The average molecular weight is 328 g/mol. The molecule has 1 aliphatic rings. The molecule has 1 aliphatic heterocycles. The van der Waals surface area contributed by atoms with Gasteiger partial charge >= 0.3 is 0 Å². The van der Waals surface area contributed by atoms with Crippen LogP contribution in [0.3, 0.4) is 0 Å². The number of ether oxygens (including phenoxy) is 2. The summed E-state index contributed by atoms with van der Waals surface area (Å²) in [6.07, 6.45) is 1.06. The number of carbonyl (C=O) groups excluding carboxylic acids is 1. The van der Waals surface area contributed by atoms with Gasteiger partial charge in [0.15, 0.2) is 11.5 Å². The Bertz CT molecular complexity index is 849. The second-order valence-corrected chi connectivity index (χ2v) is 4.75. The van der Waals surface area contributed by atoms with Crippen LogP contribution in [0.2, 0.25) is 0 Å². The van der Waals surface area contributed by atoms with Gasteiger partial charge in [0.2, 0.25) is 6.79 Å². The fourth-order valence-electron chi connectivity index (χ4n) is 2.01. The lowest BCUT2D eigenvalue weighted by Crippen LogP contribution is -2.17. The van der Waals surface area contributed by atoms with Crippen LogP contribution in [-0.4, -0.2) is 23.8 Å². The molecule has 0 aliphatic carbocycles. The van der Waals surface area contributed by atoms with Crippen molar-refractivity contribution in [3.8, 4) is 17.2 Å². The summed E-state index contributed by atoms with van der Waals surface area (Å²) in [6, 6.07) is 7.88. The van der Waals surface area contributed by atoms with Crippen LogP contribution in [0.15, 0.2) is 41.5 Å². The molecular formula is C15H10N3O6-. The zero-order valence-electron chi connectivity index (χ0n) is 12.1. The molecule has 2 aromatic rings. The van der Waals surface area contributed by atoms with Gasteiger partial charge in [0, 0.05) is 17.7 Å². The fourth-order valence-corrected chi connectivity index (χ4v) is 2.01. The molecule has 1 heterocycles. The quantitative estimate of drug-likeness (QED) is 0.510. The van der Waals surface area contributed by atoms with E-state index in [2.05, 4.69) is 10.5 Å². The highest BCUT2D eigenvalue weighted by molar-refractivity contribution is 5.95. The Morgan fingerprint density at radius 3 is 2.79 bits per heavy atom. The first-order chi connectivity index (χ1) is 11.5. The van der Waals surface area contributed by atoms with E-state index in [1.807, 2.05) is 0 Å². The minimum absolute atomic E-state index is 0.00446. The molecular weight excluding hydrogens is 318 g/mol. The van der Waals surface area contributed by atoms with Crippen LogP contribution < -0.4 is 20.0 Å².